The van der Waals surface area contributed by atoms with E-state index in [2.05, 4.69) is 0 Å². The molecule has 0 unspecified atom stereocenters. The Morgan fingerprint density at radius 2 is 1.92 bits per heavy atom. The van der Waals surface area contributed by atoms with Crippen LogP contribution in [0, 0.1) is 0 Å². The summed E-state index contributed by atoms with van der Waals surface area (Å²) in [6, 6.07) is 0. The van der Waals surface area contributed by atoms with Crippen LogP contribution in [0.3, 0.4) is 0 Å². The van der Waals surface area contributed by atoms with Crippen LogP contribution in [0.25, 0.3) is 0 Å². The average Bonchev–Trinajstić information content (AvgIpc) is 2.06. The molecule has 0 spiro atoms. The Kier molecular flexibility index (Phi) is 7.41. The van der Waals surface area contributed by atoms with E-state index < -0.39 is 0 Å². The first-order valence-electron chi connectivity index (χ1n) is 5.02. The van der Waals surface area contributed by atoms with Crippen molar-refractivity contribution in [2.45, 2.75) is 58.0 Å². The second-order valence-electron chi connectivity index (χ2n) is 3.50. The lowest BCUT2D eigenvalue weighted by Gasteiger charge is -2.21. The Morgan fingerprint density at radius 1 is 1.31 bits per heavy atom. The van der Waals surface area contributed by atoms with E-state index in [0.717, 1.165) is 19.3 Å². The van der Waals surface area contributed by atoms with Crippen molar-refractivity contribution in [1.29, 1.82) is 0 Å². The molecule has 0 amide bonds. The molecule has 13 heavy (non-hydrogen) atoms. The summed E-state index contributed by atoms with van der Waals surface area (Å²) in [7, 11) is 0. The van der Waals surface area contributed by atoms with Crippen LogP contribution in [-0.2, 0) is 9.53 Å². The van der Waals surface area contributed by atoms with Crippen molar-refractivity contribution in [2.75, 3.05) is 0 Å². The van der Waals surface area contributed by atoms with Gasteiger partial charge in [0.2, 0.25) is 0 Å². The Balaban J connectivity index is 0.00000144. The molecule has 1 aliphatic carbocycles. The van der Waals surface area contributed by atoms with Gasteiger partial charge in [0.1, 0.15) is 6.10 Å². The minimum atomic E-state index is -0.00981. The quantitative estimate of drug-likeness (QED) is 0.509. The summed E-state index contributed by atoms with van der Waals surface area (Å²) in [6.45, 7) is 2.00. The highest BCUT2D eigenvalue weighted by Gasteiger charge is 2.16. The Hall–Kier alpha value is 0.00247. The van der Waals surface area contributed by atoms with Crippen molar-refractivity contribution in [3.8, 4) is 0 Å². The van der Waals surface area contributed by atoms with Crippen LogP contribution in [0.4, 0.5) is 0 Å². The van der Waals surface area contributed by atoms with Gasteiger partial charge in [0, 0.05) is 6.42 Å². The van der Waals surface area contributed by atoms with Gasteiger partial charge in [-0.05, 0) is 32.1 Å². The zero-order valence-electron chi connectivity index (χ0n) is 7.84. The molecule has 1 aliphatic rings. The number of esters is 1. The highest BCUT2D eigenvalue weighted by molar-refractivity contribution is 5.75. The molecule has 1 rings (SSSR count). The third-order valence-corrected chi connectivity index (χ3v) is 2.30. The van der Waals surface area contributed by atoms with Gasteiger partial charge < -0.3 is 4.74 Å². The molecule has 0 heterocycles. The van der Waals surface area contributed by atoms with Gasteiger partial charge in [-0.2, -0.15) is 0 Å². The number of carbonyl (C=O) groups excluding carboxylic acids is 1. The zero-order chi connectivity index (χ0) is 8.81. The summed E-state index contributed by atoms with van der Waals surface area (Å²) >= 11 is 0. The molecule has 3 heteroatoms. The lowest BCUT2D eigenvalue weighted by molar-refractivity contribution is -0.150. The first-order valence-corrected chi connectivity index (χ1v) is 5.02. The molecule has 2 nitrogen and oxygen atoms in total. The molecule has 0 aliphatic heterocycles. The van der Waals surface area contributed by atoms with E-state index in [0.29, 0.717) is 6.42 Å². The molecule has 0 atom stereocenters. The Morgan fingerprint density at radius 3 is 2.46 bits per heavy atom. The Labute approximate surface area is 91.2 Å². The van der Waals surface area contributed by atoms with Crippen molar-refractivity contribution >= 4 is 23.3 Å². The van der Waals surface area contributed by atoms with Crippen LogP contribution in [0.2, 0.25) is 0 Å². The lowest BCUT2D eigenvalue weighted by Crippen LogP contribution is -2.20. The summed E-state index contributed by atoms with van der Waals surface area (Å²) in [5.74, 6) is -0.00981. The highest BCUT2D eigenvalue weighted by atomic mass is 27.0. The van der Waals surface area contributed by atoms with Gasteiger partial charge in [-0.3, -0.25) is 4.79 Å². The van der Waals surface area contributed by atoms with Crippen molar-refractivity contribution < 1.29 is 9.53 Å². The van der Waals surface area contributed by atoms with Crippen LogP contribution in [0.5, 0.6) is 0 Å². The van der Waals surface area contributed by atoms with Gasteiger partial charge in [0.15, 0.2) is 17.4 Å². The van der Waals surface area contributed by atoms with Gasteiger partial charge >= 0.3 is 5.97 Å². The van der Waals surface area contributed by atoms with Crippen molar-refractivity contribution in [3.63, 3.8) is 0 Å². The number of carbonyl (C=O) groups is 1. The molecule has 0 N–H and O–H groups in total. The number of hydrogen-bond acceptors (Lipinski definition) is 2. The standard InChI is InChI=1S/C10H18O2.Al.3H/c1-2-6-10(11)12-9-7-4-3-5-8-9;;;;/h9H,2-8H2,1H3;;;;. The van der Waals surface area contributed by atoms with Crippen LogP contribution >= 0.6 is 0 Å². The number of ether oxygens (including phenoxy) is 1. The SMILES string of the molecule is CCCC(=O)OC1CCCCC1.[AlH3]. The molecule has 1 saturated carbocycles. The van der Waals surface area contributed by atoms with Crippen LogP contribution < -0.4 is 0 Å². The van der Waals surface area contributed by atoms with Gasteiger partial charge in [0.05, 0.1) is 0 Å². The normalized spacial score (nSPS) is 17.6. The number of rotatable bonds is 3. The Bertz CT molecular complexity index is 142. The predicted octanol–water partition coefficient (Wildman–Crippen LogP) is 1.48. The molecular formula is C10H21AlO2. The summed E-state index contributed by atoms with van der Waals surface area (Å²) in [4.78, 5) is 11.1. The van der Waals surface area contributed by atoms with Gasteiger partial charge in [-0.15, -0.1) is 0 Å². The molecule has 0 aromatic heterocycles. The van der Waals surface area contributed by atoms with Crippen molar-refractivity contribution in [1.82, 2.24) is 0 Å². The summed E-state index contributed by atoms with van der Waals surface area (Å²) < 4.78 is 5.29. The summed E-state index contributed by atoms with van der Waals surface area (Å²) in [5, 5.41) is 0. The first kappa shape index (κ1) is 13.0. The highest BCUT2D eigenvalue weighted by Crippen LogP contribution is 2.20. The van der Waals surface area contributed by atoms with Gasteiger partial charge in [-0.25, -0.2) is 0 Å². The van der Waals surface area contributed by atoms with E-state index in [9.17, 15) is 4.79 Å². The number of hydrogen-bond donors (Lipinski definition) is 0. The van der Waals surface area contributed by atoms with Gasteiger partial charge in [-0.1, -0.05) is 13.3 Å². The fourth-order valence-corrected chi connectivity index (χ4v) is 1.63. The molecular weight excluding hydrogens is 179 g/mol. The maximum absolute atomic E-state index is 11.1. The van der Waals surface area contributed by atoms with Crippen LogP contribution in [-0.4, -0.2) is 29.4 Å². The second kappa shape index (κ2) is 7.41. The third kappa shape index (κ3) is 5.34. The van der Waals surface area contributed by atoms with E-state index in [1.54, 1.807) is 0 Å². The minimum absolute atomic E-state index is 0. The van der Waals surface area contributed by atoms with Crippen LogP contribution in [0.15, 0.2) is 0 Å². The molecule has 0 bridgehead atoms. The largest absolute Gasteiger partial charge is 0.462 e. The van der Waals surface area contributed by atoms with E-state index in [1.165, 1.54) is 19.3 Å². The van der Waals surface area contributed by atoms with E-state index in [1.807, 2.05) is 6.92 Å². The fourth-order valence-electron chi connectivity index (χ4n) is 1.63. The summed E-state index contributed by atoms with van der Waals surface area (Å²) in [5.41, 5.74) is 0. The average molecular weight is 200 g/mol. The molecule has 0 saturated heterocycles. The first-order chi connectivity index (χ1) is 5.83. The zero-order valence-corrected chi connectivity index (χ0v) is 7.84. The third-order valence-electron chi connectivity index (χ3n) is 2.30. The van der Waals surface area contributed by atoms with E-state index in [4.69, 9.17) is 4.74 Å². The maximum Gasteiger partial charge on any atom is 0.306 e. The fraction of sp³-hybridized carbons (Fsp3) is 0.900. The topological polar surface area (TPSA) is 26.3 Å². The molecule has 76 valence electrons. The smallest absolute Gasteiger partial charge is 0.306 e. The van der Waals surface area contributed by atoms with Crippen molar-refractivity contribution in [3.05, 3.63) is 0 Å². The van der Waals surface area contributed by atoms with E-state index >= 15 is 0 Å². The predicted molar refractivity (Wildman–Crippen MR) is 57.8 cm³/mol. The van der Waals surface area contributed by atoms with Crippen LogP contribution in [0.1, 0.15) is 51.9 Å². The van der Waals surface area contributed by atoms with Gasteiger partial charge in [0.25, 0.3) is 0 Å². The maximum atomic E-state index is 11.1. The molecule has 0 aromatic rings. The molecule has 1 fully saturated rings. The summed E-state index contributed by atoms with van der Waals surface area (Å²) in [6.07, 6.45) is 7.63. The second-order valence-corrected chi connectivity index (χ2v) is 3.50. The molecule has 0 radical (unpaired) electrons. The molecule has 0 aromatic carbocycles. The monoisotopic (exact) mass is 200 g/mol. The lowest BCUT2D eigenvalue weighted by atomic mass is 9.98. The van der Waals surface area contributed by atoms with Crippen molar-refractivity contribution in [2.24, 2.45) is 0 Å². The van der Waals surface area contributed by atoms with E-state index in [-0.39, 0.29) is 29.4 Å². The minimum Gasteiger partial charge on any atom is -0.462 e.